The molecule has 1 aliphatic rings. The van der Waals surface area contributed by atoms with Crippen molar-refractivity contribution in [2.45, 2.75) is 70.8 Å². The van der Waals surface area contributed by atoms with E-state index in [1.165, 1.54) is 0 Å². The van der Waals surface area contributed by atoms with Crippen LogP contribution in [0.5, 0.6) is 0 Å². The molecule has 1 rings (SSSR count). The molecule has 2 N–H and O–H groups in total. The van der Waals surface area contributed by atoms with Gasteiger partial charge in [-0.25, -0.2) is 0 Å². The first-order chi connectivity index (χ1) is 8.09. The van der Waals surface area contributed by atoms with E-state index in [9.17, 15) is 10.2 Å². The van der Waals surface area contributed by atoms with Crippen LogP contribution in [0.15, 0.2) is 0 Å². The van der Waals surface area contributed by atoms with Crippen molar-refractivity contribution in [2.24, 2.45) is 0 Å². The highest BCUT2D eigenvalue weighted by molar-refractivity contribution is 4.91. The summed E-state index contributed by atoms with van der Waals surface area (Å²) in [5.74, 6) is 0. The third-order valence-electron chi connectivity index (χ3n) is 3.33. The van der Waals surface area contributed by atoms with E-state index in [2.05, 4.69) is 4.90 Å². The molecule has 1 heterocycles. The van der Waals surface area contributed by atoms with Crippen molar-refractivity contribution < 1.29 is 14.9 Å². The third-order valence-corrected chi connectivity index (χ3v) is 3.33. The molecule has 0 aliphatic carbocycles. The highest BCUT2D eigenvalue weighted by atomic mass is 16.5. The van der Waals surface area contributed by atoms with E-state index < -0.39 is 11.7 Å². The summed E-state index contributed by atoms with van der Waals surface area (Å²) in [7, 11) is 0. The molecule has 0 amide bonds. The fourth-order valence-electron chi connectivity index (χ4n) is 2.51. The molecule has 0 aromatic heterocycles. The molecule has 108 valence electrons. The van der Waals surface area contributed by atoms with Crippen molar-refractivity contribution in [3.8, 4) is 0 Å². The molecule has 18 heavy (non-hydrogen) atoms. The second kappa shape index (κ2) is 5.87. The van der Waals surface area contributed by atoms with E-state index in [1.54, 1.807) is 0 Å². The minimum absolute atomic E-state index is 0.141. The number of likely N-dealkylation sites (tertiary alicyclic amines) is 1. The van der Waals surface area contributed by atoms with E-state index in [0.717, 1.165) is 19.4 Å². The van der Waals surface area contributed by atoms with Crippen LogP contribution < -0.4 is 0 Å². The summed E-state index contributed by atoms with van der Waals surface area (Å²) in [4.78, 5) is 2.18. The van der Waals surface area contributed by atoms with Crippen LogP contribution in [0.4, 0.5) is 0 Å². The fraction of sp³-hybridized carbons (Fsp3) is 1.00. The van der Waals surface area contributed by atoms with Gasteiger partial charge in [-0.05, 0) is 54.0 Å². The Labute approximate surface area is 111 Å². The van der Waals surface area contributed by atoms with Gasteiger partial charge in [0, 0.05) is 12.6 Å². The molecule has 0 bridgehead atoms. The maximum absolute atomic E-state index is 10.1. The molecule has 0 spiro atoms. The largest absolute Gasteiger partial charge is 0.389 e. The quantitative estimate of drug-likeness (QED) is 0.783. The zero-order valence-electron chi connectivity index (χ0n) is 12.4. The van der Waals surface area contributed by atoms with Crippen LogP contribution in [-0.4, -0.2) is 58.2 Å². The zero-order chi connectivity index (χ0) is 14.0. The number of ether oxygens (including phenoxy) is 1. The molecule has 1 fully saturated rings. The van der Waals surface area contributed by atoms with E-state index in [4.69, 9.17) is 4.74 Å². The third kappa shape index (κ3) is 5.22. The molecule has 0 aromatic carbocycles. The highest BCUT2D eigenvalue weighted by Crippen LogP contribution is 2.26. The van der Waals surface area contributed by atoms with Gasteiger partial charge in [-0.15, -0.1) is 0 Å². The van der Waals surface area contributed by atoms with Crippen LogP contribution in [0, 0.1) is 0 Å². The predicted octanol–water partition coefficient (Wildman–Crippen LogP) is 1.40. The number of hydrogen-bond acceptors (Lipinski definition) is 4. The molecular formula is C14H29NO3. The van der Waals surface area contributed by atoms with Crippen LogP contribution in [0.1, 0.15) is 47.5 Å². The van der Waals surface area contributed by atoms with Crippen molar-refractivity contribution in [1.29, 1.82) is 0 Å². The summed E-state index contributed by atoms with van der Waals surface area (Å²) in [6.07, 6.45) is 1.59. The SMILES string of the molecule is CC(C)(C)OCC(O)CN1CCCC1C(C)(C)O. The molecule has 2 unspecified atom stereocenters. The van der Waals surface area contributed by atoms with Crippen molar-refractivity contribution in [1.82, 2.24) is 4.90 Å². The average Bonchev–Trinajstić information content (AvgIpc) is 2.61. The van der Waals surface area contributed by atoms with Gasteiger partial charge < -0.3 is 14.9 Å². The number of hydrogen-bond donors (Lipinski definition) is 2. The summed E-state index contributed by atoms with van der Waals surface area (Å²) in [5.41, 5.74) is -0.928. The minimum Gasteiger partial charge on any atom is -0.389 e. The Kier molecular flexibility index (Phi) is 5.18. The lowest BCUT2D eigenvalue weighted by molar-refractivity contribution is -0.0673. The lowest BCUT2D eigenvalue weighted by atomic mass is 9.96. The van der Waals surface area contributed by atoms with E-state index in [0.29, 0.717) is 13.2 Å². The van der Waals surface area contributed by atoms with Crippen LogP contribution >= 0.6 is 0 Å². The lowest BCUT2D eigenvalue weighted by Gasteiger charge is -2.35. The molecule has 1 saturated heterocycles. The molecule has 0 radical (unpaired) electrons. The summed E-state index contributed by atoms with van der Waals surface area (Å²) in [6.45, 7) is 11.5. The van der Waals surface area contributed by atoms with Crippen molar-refractivity contribution in [3.63, 3.8) is 0 Å². The summed E-state index contributed by atoms with van der Waals surface area (Å²) in [5, 5.41) is 20.1. The minimum atomic E-state index is -0.707. The Hall–Kier alpha value is -0.160. The highest BCUT2D eigenvalue weighted by Gasteiger charge is 2.36. The number of aliphatic hydroxyl groups is 2. The second-order valence-electron chi connectivity index (χ2n) is 6.88. The van der Waals surface area contributed by atoms with Crippen LogP contribution in [0.25, 0.3) is 0 Å². The van der Waals surface area contributed by atoms with Gasteiger partial charge in [-0.1, -0.05) is 0 Å². The van der Waals surface area contributed by atoms with Gasteiger partial charge in [0.1, 0.15) is 0 Å². The topological polar surface area (TPSA) is 52.9 Å². The van der Waals surface area contributed by atoms with Gasteiger partial charge in [-0.3, -0.25) is 4.90 Å². The molecule has 0 saturated carbocycles. The Morgan fingerprint density at radius 1 is 1.28 bits per heavy atom. The van der Waals surface area contributed by atoms with Gasteiger partial charge in [0.15, 0.2) is 0 Å². The molecule has 1 aliphatic heterocycles. The molecule has 4 heteroatoms. The monoisotopic (exact) mass is 259 g/mol. The Bertz CT molecular complexity index is 255. The Morgan fingerprint density at radius 2 is 1.89 bits per heavy atom. The standard InChI is InChI=1S/C14H29NO3/c1-13(2,3)18-10-11(16)9-15-8-6-7-12(15)14(4,5)17/h11-12,16-17H,6-10H2,1-5H3. The summed E-state index contributed by atoms with van der Waals surface area (Å²) in [6, 6.07) is 0.141. The maximum atomic E-state index is 10.1. The first kappa shape index (κ1) is 15.9. The van der Waals surface area contributed by atoms with Gasteiger partial charge >= 0.3 is 0 Å². The summed E-state index contributed by atoms with van der Waals surface area (Å²) >= 11 is 0. The van der Waals surface area contributed by atoms with Crippen LogP contribution in [-0.2, 0) is 4.74 Å². The van der Waals surface area contributed by atoms with E-state index in [1.807, 2.05) is 34.6 Å². The van der Waals surface area contributed by atoms with Gasteiger partial charge in [0.25, 0.3) is 0 Å². The normalized spacial score (nSPS) is 24.5. The molecule has 2 atom stereocenters. The molecule has 4 nitrogen and oxygen atoms in total. The number of nitrogens with zero attached hydrogens (tertiary/aromatic N) is 1. The first-order valence-electron chi connectivity index (χ1n) is 6.88. The average molecular weight is 259 g/mol. The van der Waals surface area contributed by atoms with Crippen molar-refractivity contribution in [3.05, 3.63) is 0 Å². The predicted molar refractivity (Wildman–Crippen MR) is 72.6 cm³/mol. The zero-order valence-corrected chi connectivity index (χ0v) is 12.4. The van der Waals surface area contributed by atoms with Crippen molar-refractivity contribution >= 4 is 0 Å². The first-order valence-corrected chi connectivity index (χ1v) is 6.88. The number of β-amino-alcohol motifs (C(OH)–C–C–N with tert-alkyl or cyclic N) is 1. The van der Waals surface area contributed by atoms with Crippen molar-refractivity contribution in [2.75, 3.05) is 19.7 Å². The smallest absolute Gasteiger partial charge is 0.0900 e. The lowest BCUT2D eigenvalue weighted by Crippen LogP contribution is -2.48. The molecular weight excluding hydrogens is 230 g/mol. The van der Waals surface area contributed by atoms with Gasteiger partial charge in [-0.2, -0.15) is 0 Å². The van der Waals surface area contributed by atoms with E-state index in [-0.39, 0.29) is 11.6 Å². The number of rotatable bonds is 5. The van der Waals surface area contributed by atoms with E-state index >= 15 is 0 Å². The Balaban J connectivity index is 2.41. The maximum Gasteiger partial charge on any atom is 0.0900 e. The fourth-order valence-corrected chi connectivity index (χ4v) is 2.51. The summed E-state index contributed by atoms with van der Waals surface area (Å²) < 4.78 is 5.58. The molecule has 0 aromatic rings. The Morgan fingerprint density at radius 3 is 2.39 bits per heavy atom. The van der Waals surface area contributed by atoms with Gasteiger partial charge in [0.2, 0.25) is 0 Å². The number of aliphatic hydroxyl groups excluding tert-OH is 1. The van der Waals surface area contributed by atoms with Gasteiger partial charge in [0.05, 0.1) is 23.9 Å². The van der Waals surface area contributed by atoms with Crippen LogP contribution in [0.2, 0.25) is 0 Å². The second-order valence-corrected chi connectivity index (χ2v) is 6.88. The van der Waals surface area contributed by atoms with Crippen LogP contribution in [0.3, 0.4) is 0 Å².